The molecule has 0 aromatic heterocycles. The lowest BCUT2D eigenvalue weighted by atomic mass is 10.1. The summed E-state index contributed by atoms with van der Waals surface area (Å²) in [5.74, 6) is 0.647. The van der Waals surface area contributed by atoms with Crippen LogP contribution in [0.4, 0.5) is 0 Å². The van der Waals surface area contributed by atoms with Gasteiger partial charge in [-0.3, -0.25) is 14.5 Å². The zero-order valence-electron chi connectivity index (χ0n) is 15.5. The van der Waals surface area contributed by atoms with Crippen LogP contribution in [-0.2, 0) is 14.8 Å². The lowest BCUT2D eigenvalue weighted by Crippen LogP contribution is -2.52. The zero-order valence-corrected chi connectivity index (χ0v) is 17.1. The molecule has 2 heterocycles. The Morgan fingerprint density at radius 2 is 2.04 bits per heavy atom. The molecule has 0 saturated carbocycles. The number of halogens is 1. The summed E-state index contributed by atoms with van der Waals surface area (Å²) < 4.78 is 26.5. The van der Waals surface area contributed by atoms with Gasteiger partial charge in [-0.05, 0) is 31.9 Å². The van der Waals surface area contributed by atoms with E-state index in [1.807, 2.05) is 4.90 Å². The SMILES string of the molecule is CC1CNCCN1C(=O)CCCCCN=C1NS(=O)(=O)c2ccccc21.Cl. The lowest BCUT2D eigenvalue weighted by Gasteiger charge is -2.34. The summed E-state index contributed by atoms with van der Waals surface area (Å²) in [7, 11) is -3.47. The topological polar surface area (TPSA) is 90.9 Å². The van der Waals surface area contributed by atoms with Crippen LogP contribution in [0, 0.1) is 0 Å². The highest BCUT2D eigenvalue weighted by Crippen LogP contribution is 2.22. The Morgan fingerprint density at radius 1 is 1.26 bits per heavy atom. The van der Waals surface area contributed by atoms with Gasteiger partial charge in [0.2, 0.25) is 5.91 Å². The number of hydrogen-bond acceptors (Lipinski definition) is 5. The number of benzene rings is 1. The monoisotopic (exact) mass is 414 g/mol. The van der Waals surface area contributed by atoms with Crippen molar-refractivity contribution in [1.82, 2.24) is 14.9 Å². The molecule has 3 rings (SSSR count). The summed E-state index contributed by atoms with van der Waals surface area (Å²) in [4.78, 5) is 18.9. The van der Waals surface area contributed by atoms with Crippen LogP contribution in [0.1, 0.15) is 38.2 Å². The highest BCUT2D eigenvalue weighted by Gasteiger charge is 2.29. The Hall–Kier alpha value is -1.64. The fourth-order valence-electron chi connectivity index (χ4n) is 3.36. The van der Waals surface area contributed by atoms with Crippen LogP contribution in [0.25, 0.3) is 0 Å². The molecule has 0 bridgehead atoms. The number of sulfonamides is 1. The van der Waals surface area contributed by atoms with Gasteiger partial charge in [0.1, 0.15) is 5.84 Å². The van der Waals surface area contributed by atoms with Crippen molar-refractivity contribution in [3.8, 4) is 0 Å². The number of amidine groups is 1. The molecular formula is C18H27ClN4O3S. The van der Waals surface area contributed by atoms with Crippen LogP contribution < -0.4 is 10.0 Å². The molecule has 2 aliphatic heterocycles. The van der Waals surface area contributed by atoms with E-state index in [0.717, 1.165) is 38.9 Å². The van der Waals surface area contributed by atoms with Crippen molar-refractivity contribution < 1.29 is 13.2 Å². The van der Waals surface area contributed by atoms with Gasteiger partial charge in [0, 0.05) is 44.2 Å². The Kier molecular flexibility index (Phi) is 7.64. The summed E-state index contributed by atoms with van der Waals surface area (Å²) >= 11 is 0. The molecule has 150 valence electrons. The van der Waals surface area contributed by atoms with E-state index < -0.39 is 10.0 Å². The third-order valence-electron chi connectivity index (χ3n) is 4.80. The van der Waals surface area contributed by atoms with Crippen molar-refractivity contribution in [3.63, 3.8) is 0 Å². The average molecular weight is 415 g/mol. The van der Waals surface area contributed by atoms with Crippen LogP contribution in [0.15, 0.2) is 34.2 Å². The van der Waals surface area contributed by atoms with Crippen LogP contribution in [0.3, 0.4) is 0 Å². The number of fused-ring (bicyclic) bond motifs is 1. The molecule has 1 amide bonds. The van der Waals surface area contributed by atoms with Crippen LogP contribution in [0.2, 0.25) is 0 Å². The number of piperazine rings is 1. The number of carbonyl (C=O) groups is 1. The Morgan fingerprint density at radius 3 is 2.81 bits per heavy atom. The number of hydrogen-bond donors (Lipinski definition) is 2. The van der Waals surface area contributed by atoms with E-state index in [2.05, 4.69) is 22.0 Å². The standard InChI is InChI=1S/C18H26N4O3S.ClH/c1-14-13-19-11-12-22(14)17(23)9-3-2-6-10-20-18-15-7-4-5-8-16(15)26(24,25)21-18;/h4-5,7-8,14,19H,2-3,6,9-13H2,1H3,(H,20,21);1H. The van der Waals surface area contributed by atoms with Gasteiger partial charge < -0.3 is 10.2 Å². The molecule has 1 saturated heterocycles. The summed E-state index contributed by atoms with van der Waals surface area (Å²) in [5.41, 5.74) is 0.635. The number of carbonyl (C=O) groups excluding carboxylic acids is 1. The average Bonchev–Trinajstić information content (AvgIpc) is 2.89. The Balaban J connectivity index is 0.00000261. The zero-order chi connectivity index (χ0) is 18.6. The number of nitrogens with zero attached hydrogens (tertiary/aromatic N) is 2. The van der Waals surface area contributed by atoms with Gasteiger partial charge in [0.15, 0.2) is 0 Å². The van der Waals surface area contributed by atoms with E-state index in [4.69, 9.17) is 0 Å². The first kappa shape index (κ1) is 21.7. The second-order valence-corrected chi connectivity index (χ2v) is 8.43. The van der Waals surface area contributed by atoms with E-state index in [9.17, 15) is 13.2 Å². The van der Waals surface area contributed by atoms with Crippen molar-refractivity contribution in [3.05, 3.63) is 29.8 Å². The fraction of sp³-hybridized carbons (Fsp3) is 0.556. The van der Waals surface area contributed by atoms with Crippen LogP contribution >= 0.6 is 12.4 Å². The quantitative estimate of drug-likeness (QED) is 0.690. The number of amides is 1. The molecule has 9 heteroatoms. The Bertz CT molecular complexity index is 798. The molecule has 2 aliphatic rings. The number of nitrogens with one attached hydrogen (secondary N) is 2. The van der Waals surface area contributed by atoms with Crippen molar-refractivity contribution in [2.75, 3.05) is 26.2 Å². The number of aliphatic imine (C=N–C) groups is 1. The van der Waals surface area contributed by atoms with Gasteiger partial charge in [-0.1, -0.05) is 18.6 Å². The molecule has 0 spiro atoms. The first-order valence-electron chi connectivity index (χ1n) is 9.16. The maximum absolute atomic E-state index is 12.3. The minimum Gasteiger partial charge on any atom is -0.337 e. The largest absolute Gasteiger partial charge is 0.337 e. The molecule has 7 nitrogen and oxygen atoms in total. The van der Waals surface area contributed by atoms with Crippen molar-refractivity contribution in [1.29, 1.82) is 0 Å². The Labute approximate surface area is 167 Å². The van der Waals surface area contributed by atoms with E-state index in [1.54, 1.807) is 24.3 Å². The molecule has 0 aliphatic carbocycles. The molecule has 0 radical (unpaired) electrons. The predicted molar refractivity (Wildman–Crippen MR) is 108 cm³/mol. The van der Waals surface area contributed by atoms with Gasteiger partial charge in [0.25, 0.3) is 10.0 Å². The summed E-state index contributed by atoms with van der Waals surface area (Å²) in [5, 5.41) is 3.29. The lowest BCUT2D eigenvalue weighted by molar-refractivity contribution is -0.134. The van der Waals surface area contributed by atoms with Crippen LogP contribution in [0.5, 0.6) is 0 Å². The smallest absolute Gasteiger partial charge is 0.263 e. The van der Waals surface area contributed by atoms with Crippen molar-refractivity contribution in [2.45, 2.75) is 43.5 Å². The molecule has 2 N–H and O–H groups in total. The van der Waals surface area contributed by atoms with Crippen molar-refractivity contribution in [2.24, 2.45) is 4.99 Å². The van der Waals surface area contributed by atoms with Gasteiger partial charge in [-0.25, -0.2) is 8.42 Å². The number of rotatable bonds is 6. The van der Waals surface area contributed by atoms with E-state index in [1.165, 1.54) is 0 Å². The molecule has 1 fully saturated rings. The highest BCUT2D eigenvalue weighted by atomic mass is 35.5. The maximum Gasteiger partial charge on any atom is 0.263 e. The van der Waals surface area contributed by atoms with E-state index >= 15 is 0 Å². The second-order valence-electron chi connectivity index (χ2n) is 6.78. The third-order valence-corrected chi connectivity index (χ3v) is 6.20. The predicted octanol–water partition coefficient (Wildman–Crippen LogP) is 1.53. The summed E-state index contributed by atoms with van der Waals surface area (Å²) in [6.45, 7) is 5.13. The third kappa shape index (κ3) is 5.21. The molecule has 27 heavy (non-hydrogen) atoms. The van der Waals surface area contributed by atoms with Crippen LogP contribution in [-0.4, -0.2) is 57.3 Å². The first-order valence-corrected chi connectivity index (χ1v) is 10.6. The molecule has 1 aromatic carbocycles. The highest BCUT2D eigenvalue weighted by molar-refractivity contribution is 7.90. The maximum atomic E-state index is 12.3. The summed E-state index contributed by atoms with van der Waals surface area (Å²) in [6.07, 6.45) is 3.13. The van der Waals surface area contributed by atoms with Gasteiger partial charge in [-0.15, -0.1) is 12.4 Å². The minimum atomic E-state index is -3.47. The first-order chi connectivity index (χ1) is 12.5. The minimum absolute atomic E-state index is 0. The molecule has 1 atom stereocenters. The van der Waals surface area contributed by atoms with Gasteiger partial charge in [0.05, 0.1) is 4.90 Å². The van der Waals surface area contributed by atoms with Gasteiger partial charge in [-0.2, -0.15) is 0 Å². The number of unbranched alkanes of at least 4 members (excludes halogenated alkanes) is 2. The van der Waals surface area contributed by atoms with Crippen molar-refractivity contribution >= 4 is 34.2 Å². The normalized spacial score (nSPS) is 22.0. The molecular weight excluding hydrogens is 388 g/mol. The second kappa shape index (κ2) is 9.52. The molecule has 1 aromatic rings. The van der Waals surface area contributed by atoms with E-state index in [-0.39, 0.29) is 29.3 Å². The fourth-order valence-corrected chi connectivity index (χ4v) is 4.61. The van der Waals surface area contributed by atoms with Gasteiger partial charge >= 0.3 is 0 Å². The summed E-state index contributed by atoms with van der Waals surface area (Å²) in [6, 6.07) is 7.12. The molecule has 1 unspecified atom stereocenters. The van der Waals surface area contributed by atoms with E-state index in [0.29, 0.717) is 24.4 Å².